The Kier molecular flexibility index (Phi) is 15.3. The van der Waals surface area contributed by atoms with E-state index in [1.165, 1.54) is 17.0 Å². The highest BCUT2D eigenvalue weighted by Gasteiger charge is 2.25. The molecule has 47 heavy (non-hydrogen) atoms. The fraction of sp³-hybridized carbons (Fsp3) is 0.581. The van der Waals surface area contributed by atoms with Gasteiger partial charge in [0.15, 0.2) is 29.8 Å². The molecule has 16 heteroatoms. The Morgan fingerprint density at radius 3 is 1.68 bits per heavy atom. The standard InChI is InChI=1S/C31H42N4O10S2/c1-30(2,3)44-28(40)32-14-10-8-12-24(38)42-18-20(36)26-33-16-22(46-26)23-17-34-27(47-23)21(37)19-43-25(39)13-9-11-15-35(7)29(41)45-31(4,5)6/h16-17H,7-15,18-19H2,1-6H3/p+1. The topological polar surface area (TPSA) is 180 Å². The first-order valence-electron chi connectivity index (χ1n) is 15.0. The maximum atomic E-state index is 12.5. The molecular weight excluding hydrogens is 652 g/mol. The first-order chi connectivity index (χ1) is 21.9. The molecule has 2 aromatic heterocycles. The number of hydrogen-bond donors (Lipinski definition) is 1. The third kappa shape index (κ3) is 15.9. The number of ether oxygens (including phenoxy) is 4. The summed E-state index contributed by atoms with van der Waals surface area (Å²) < 4.78 is 21.7. The van der Waals surface area contributed by atoms with Crippen molar-refractivity contribution in [2.75, 3.05) is 26.3 Å². The molecule has 258 valence electrons. The van der Waals surface area contributed by atoms with Crippen LogP contribution in [0, 0.1) is 0 Å². The number of carbonyl (C=O) groups excluding carboxylic acids is 6. The highest BCUT2D eigenvalue weighted by molar-refractivity contribution is 7.23. The number of hydrogen-bond acceptors (Lipinski definition) is 14. The van der Waals surface area contributed by atoms with Crippen LogP contribution in [0.25, 0.3) is 9.75 Å². The second kappa shape index (κ2) is 18.3. The van der Waals surface area contributed by atoms with Crippen molar-refractivity contribution in [2.45, 2.75) is 91.3 Å². The summed E-state index contributed by atoms with van der Waals surface area (Å²) in [4.78, 5) is 82.0. The molecule has 0 aromatic carbocycles. The lowest BCUT2D eigenvalue weighted by Gasteiger charge is -2.19. The quantitative estimate of drug-likeness (QED) is 0.0569. The van der Waals surface area contributed by atoms with Gasteiger partial charge < -0.3 is 24.3 Å². The van der Waals surface area contributed by atoms with Crippen LogP contribution in [0.3, 0.4) is 0 Å². The normalized spacial score (nSPS) is 11.4. The van der Waals surface area contributed by atoms with E-state index in [9.17, 15) is 28.8 Å². The summed E-state index contributed by atoms with van der Waals surface area (Å²) in [6, 6.07) is 0. The molecule has 0 saturated heterocycles. The second-order valence-corrected chi connectivity index (χ2v) is 14.4. The average Bonchev–Trinajstić information content (AvgIpc) is 3.65. The Balaban J connectivity index is 1.68. The van der Waals surface area contributed by atoms with Gasteiger partial charge in [0.25, 0.3) is 0 Å². The molecule has 0 spiro atoms. The number of alkyl carbamates (subject to hydrolysis) is 1. The number of thiazole rings is 2. The number of rotatable bonds is 17. The van der Waals surface area contributed by atoms with Crippen LogP contribution in [0.1, 0.15) is 99.7 Å². The number of unbranched alkanes of at least 4 members (excludes halogenated alkanes) is 2. The number of esters is 2. The first kappa shape index (κ1) is 39.1. The minimum atomic E-state index is -0.629. The molecule has 0 fully saturated rings. The maximum absolute atomic E-state index is 12.5. The third-order valence-corrected chi connectivity index (χ3v) is 7.92. The molecule has 2 heterocycles. The van der Waals surface area contributed by atoms with Gasteiger partial charge in [-0.1, -0.05) is 0 Å². The highest BCUT2D eigenvalue weighted by Crippen LogP contribution is 2.31. The van der Waals surface area contributed by atoms with Crippen molar-refractivity contribution in [1.29, 1.82) is 0 Å². The van der Waals surface area contributed by atoms with Gasteiger partial charge in [0.05, 0.1) is 9.75 Å². The van der Waals surface area contributed by atoms with Crippen molar-refractivity contribution in [3.63, 3.8) is 0 Å². The van der Waals surface area contributed by atoms with Gasteiger partial charge in [-0.3, -0.25) is 19.2 Å². The zero-order valence-corrected chi connectivity index (χ0v) is 29.3. The van der Waals surface area contributed by atoms with Crippen LogP contribution >= 0.6 is 22.7 Å². The van der Waals surface area contributed by atoms with Gasteiger partial charge >= 0.3 is 24.1 Å². The number of aromatic nitrogens is 2. The Bertz CT molecular complexity index is 1440. The summed E-state index contributed by atoms with van der Waals surface area (Å²) in [5.41, 5.74) is -1.22. The fourth-order valence-electron chi connectivity index (χ4n) is 3.48. The Morgan fingerprint density at radius 1 is 0.745 bits per heavy atom. The number of ketones is 2. The molecule has 0 atom stereocenters. The molecular formula is C31H43N4O10S2+. The Hall–Kier alpha value is -4.05. The summed E-state index contributed by atoms with van der Waals surface area (Å²) in [7, 11) is 0. The van der Waals surface area contributed by atoms with E-state index in [0.717, 1.165) is 22.7 Å². The predicted octanol–water partition coefficient (Wildman–Crippen LogP) is 5.23. The molecule has 0 aliphatic carbocycles. The van der Waals surface area contributed by atoms with Crippen LogP contribution in [0.4, 0.5) is 9.59 Å². The van der Waals surface area contributed by atoms with Crippen molar-refractivity contribution >= 4 is 65.1 Å². The number of Topliss-reactive ketones (excluding diaryl/α,β-unsaturated/α-hetero) is 2. The van der Waals surface area contributed by atoms with Gasteiger partial charge in [0, 0.05) is 38.2 Å². The van der Waals surface area contributed by atoms with E-state index in [1.807, 2.05) is 0 Å². The molecule has 1 N–H and O–H groups in total. The summed E-state index contributed by atoms with van der Waals surface area (Å²) in [5.74, 6) is -2.04. The van der Waals surface area contributed by atoms with Crippen molar-refractivity contribution in [3.05, 3.63) is 22.4 Å². The van der Waals surface area contributed by atoms with E-state index in [1.54, 1.807) is 41.5 Å². The SMILES string of the molecule is C=[N+](CCCCC(=O)OCC(=O)c1ncc(-c2cnc(C(=O)COC(=O)CCCCNC(=O)OC(C)(C)C)s2)s1)C(=O)OC(C)(C)C. The van der Waals surface area contributed by atoms with Gasteiger partial charge in [-0.05, 0) is 60.8 Å². The third-order valence-electron chi connectivity index (χ3n) is 5.65. The first-order valence-corrected chi connectivity index (χ1v) is 16.6. The maximum Gasteiger partial charge on any atom is 0.596 e. The second-order valence-electron chi connectivity index (χ2n) is 12.3. The van der Waals surface area contributed by atoms with Crippen LogP contribution in [-0.2, 0) is 28.5 Å². The largest absolute Gasteiger partial charge is 0.596 e. The monoisotopic (exact) mass is 695 g/mol. The number of nitrogens with one attached hydrogen (secondary N) is 1. The number of amides is 2. The van der Waals surface area contributed by atoms with Gasteiger partial charge in [-0.25, -0.2) is 14.8 Å². The molecule has 2 amide bonds. The molecule has 0 unspecified atom stereocenters. The highest BCUT2D eigenvalue weighted by atomic mass is 32.1. The van der Waals surface area contributed by atoms with Crippen LogP contribution in [0.15, 0.2) is 12.4 Å². The molecule has 0 saturated carbocycles. The molecule has 0 aliphatic heterocycles. The zero-order chi connectivity index (χ0) is 35.2. The predicted molar refractivity (Wildman–Crippen MR) is 174 cm³/mol. The zero-order valence-electron chi connectivity index (χ0n) is 27.7. The minimum absolute atomic E-state index is 0.0683. The number of carbonyl (C=O) groups is 6. The summed E-state index contributed by atoms with van der Waals surface area (Å²) in [6.45, 7) is 13.9. The molecule has 2 rings (SSSR count). The van der Waals surface area contributed by atoms with E-state index in [2.05, 4.69) is 22.0 Å². The van der Waals surface area contributed by atoms with E-state index in [0.29, 0.717) is 48.5 Å². The Labute approximate surface area is 281 Å². The van der Waals surface area contributed by atoms with E-state index >= 15 is 0 Å². The summed E-state index contributed by atoms with van der Waals surface area (Å²) in [5, 5.41) is 2.88. The smallest absolute Gasteiger partial charge is 0.457 e. The lowest BCUT2D eigenvalue weighted by molar-refractivity contribution is -0.443. The average molecular weight is 696 g/mol. The van der Waals surface area contributed by atoms with E-state index < -0.39 is 60.1 Å². The van der Waals surface area contributed by atoms with E-state index in [4.69, 9.17) is 18.9 Å². The van der Waals surface area contributed by atoms with Crippen molar-refractivity contribution < 1.29 is 52.3 Å². The van der Waals surface area contributed by atoms with Crippen LogP contribution < -0.4 is 5.32 Å². The van der Waals surface area contributed by atoms with Crippen molar-refractivity contribution in [3.8, 4) is 9.75 Å². The fourth-order valence-corrected chi connectivity index (χ4v) is 5.22. The van der Waals surface area contributed by atoms with Crippen LogP contribution in [0.5, 0.6) is 0 Å². The lowest BCUT2D eigenvalue weighted by atomic mass is 10.2. The Morgan fingerprint density at radius 2 is 1.21 bits per heavy atom. The van der Waals surface area contributed by atoms with E-state index in [-0.39, 0.29) is 22.9 Å². The molecule has 2 aromatic rings. The van der Waals surface area contributed by atoms with Gasteiger partial charge in [-0.2, -0.15) is 4.79 Å². The van der Waals surface area contributed by atoms with Crippen LogP contribution in [-0.4, -0.2) is 94.5 Å². The number of nitrogens with zero attached hydrogens (tertiary/aromatic N) is 3. The minimum Gasteiger partial charge on any atom is -0.457 e. The van der Waals surface area contributed by atoms with Crippen LogP contribution in [0.2, 0.25) is 0 Å². The van der Waals surface area contributed by atoms with Crippen molar-refractivity contribution in [2.24, 2.45) is 0 Å². The van der Waals surface area contributed by atoms with Gasteiger partial charge in [-0.15, -0.1) is 27.2 Å². The molecule has 14 nitrogen and oxygen atoms in total. The lowest BCUT2D eigenvalue weighted by Crippen LogP contribution is -2.33. The molecule has 0 radical (unpaired) electrons. The summed E-state index contributed by atoms with van der Waals surface area (Å²) >= 11 is 2.14. The van der Waals surface area contributed by atoms with Crippen molar-refractivity contribution in [1.82, 2.24) is 15.3 Å². The van der Waals surface area contributed by atoms with Gasteiger partial charge in [0.1, 0.15) is 17.9 Å². The van der Waals surface area contributed by atoms with Gasteiger partial charge in [0.2, 0.25) is 11.6 Å². The molecule has 0 bridgehead atoms. The summed E-state index contributed by atoms with van der Waals surface area (Å²) in [6.07, 6.45) is 3.94. The molecule has 0 aliphatic rings.